The third kappa shape index (κ3) is 6.24. The van der Waals surface area contributed by atoms with Crippen molar-refractivity contribution in [1.82, 2.24) is 15.5 Å². The number of piperidine rings is 1. The quantitative estimate of drug-likeness (QED) is 0.430. The summed E-state index contributed by atoms with van der Waals surface area (Å²) in [6, 6.07) is 0. The molecular formula is C14H30N4. The van der Waals surface area contributed by atoms with Crippen LogP contribution in [-0.4, -0.2) is 50.1 Å². The molecule has 2 N–H and O–H groups in total. The molecule has 0 amide bonds. The molecule has 1 rings (SSSR count). The van der Waals surface area contributed by atoms with Crippen LogP contribution in [0.25, 0.3) is 0 Å². The normalized spacial score (nSPS) is 17.5. The van der Waals surface area contributed by atoms with E-state index < -0.39 is 0 Å². The van der Waals surface area contributed by atoms with Crippen molar-refractivity contribution in [3.63, 3.8) is 0 Å². The fraction of sp³-hybridized carbons (Fsp3) is 0.929. The molecule has 0 aromatic heterocycles. The van der Waals surface area contributed by atoms with E-state index in [9.17, 15) is 0 Å². The second-order valence-corrected chi connectivity index (χ2v) is 5.17. The number of rotatable bonds is 6. The molecular weight excluding hydrogens is 224 g/mol. The first-order valence-corrected chi connectivity index (χ1v) is 7.50. The molecule has 0 spiro atoms. The van der Waals surface area contributed by atoms with E-state index in [0.717, 1.165) is 37.9 Å². The van der Waals surface area contributed by atoms with Crippen molar-refractivity contribution >= 4 is 5.96 Å². The van der Waals surface area contributed by atoms with E-state index in [1.54, 1.807) is 0 Å². The van der Waals surface area contributed by atoms with Crippen LogP contribution in [0.2, 0.25) is 0 Å². The van der Waals surface area contributed by atoms with Gasteiger partial charge in [0.25, 0.3) is 0 Å². The van der Waals surface area contributed by atoms with Crippen LogP contribution in [0.1, 0.15) is 40.0 Å². The van der Waals surface area contributed by atoms with Gasteiger partial charge in [-0.15, -0.1) is 0 Å². The largest absolute Gasteiger partial charge is 0.357 e. The van der Waals surface area contributed by atoms with Crippen LogP contribution in [0.3, 0.4) is 0 Å². The number of nitrogens with zero attached hydrogens (tertiary/aromatic N) is 2. The molecule has 0 aromatic rings. The predicted molar refractivity (Wildman–Crippen MR) is 79.1 cm³/mol. The number of likely N-dealkylation sites (tertiary alicyclic amines) is 1. The molecule has 4 heteroatoms. The third-order valence-electron chi connectivity index (χ3n) is 3.47. The zero-order valence-electron chi connectivity index (χ0n) is 12.3. The van der Waals surface area contributed by atoms with Gasteiger partial charge < -0.3 is 15.5 Å². The monoisotopic (exact) mass is 254 g/mol. The minimum atomic E-state index is 0.918. The van der Waals surface area contributed by atoms with E-state index in [-0.39, 0.29) is 0 Å². The molecule has 4 nitrogen and oxygen atoms in total. The van der Waals surface area contributed by atoms with Gasteiger partial charge in [0.05, 0.1) is 0 Å². The molecule has 18 heavy (non-hydrogen) atoms. The van der Waals surface area contributed by atoms with E-state index in [4.69, 9.17) is 0 Å². The van der Waals surface area contributed by atoms with Gasteiger partial charge in [0.1, 0.15) is 0 Å². The Balaban J connectivity index is 2.14. The molecule has 1 aliphatic rings. The lowest BCUT2D eigenvalue weighted by atomic mass is 9.99. The Morgan fingerprint density at radius 1 is 1.17 bits per heavy atom. The lowest BCUT2D eigenvalue weighted by Crippen LogP contribution is -2.37. The lowest BCUT2D eigenvalue weighted by molar-refractivity contribution is 0.192. The fourth-order valence-corrected chi connectivity index (χ4v) is 2.28. The molecule has 0 bridgehead atoms. The van der Waals surface area contributed by atoms with Crippen LogP contribution in [0.5, 0.6) is 0 Å². The maximum absolute atomic E-state index is 4.57. The summed E-state index contributed by atoms with van der Waals surface area (Å²) in [6.07, 6.45) is 3.89. The van der Waals surface area contributed by atoms with Crippen LogP contribution in [0.4, 0.5) is 0 Å². The van der Waals surface area contributed by atoms with Gasteiger partial charge in [-0.25, -0.2) is 0 Å². The fourth-order valence-electron chi connectivity index (χ4n) is 2.28. The molecule has 1 fully saturated rings. The van der Waals surface area contributed by atoms with E-state index in [2.05, 4.69) is 41.3 Å². The number of nitrogens with one attached hydrogen (secondary N) is 2. The van der Waals surface area contributed by atoms with Crippen molar-refractivity contribution in [2.45, 2.75) is 40.0 Å². The zero-order chi connectivity index (χ0) is 13.2. The van der Waals surface area contributed by atoms with Crippen LogP contribution < -0.4 is 10.6 Å². The van der Waals surface area contributed by atoms with Gasteiger partial charge in [0.15, 0.2) is 5.96 Å². The Morgan fingerprint density at radius 3 is 2.33 bits per heavy atom. The van der Waals surface area contributed by atoms with Crippen molar-refractivity contribution in [3.8, 4) is 0 Å². The van der Waals surface area contributed by atoms with Gasteiger partial charge in [-0.1, -0.05) is 6.92 Å². The third-order valence-corrected chi connectivity index (χ3v) is 3.47. The summed E-state index contributed by atoms with van der Waals surface area (Å²) in [4.78, 5) is 7.15. The van der Waals surface area contributed by atoms with E-state index >= 15 is 0 Å². The Bertz CT molecular complexity index is 224. The molecule has 0 radical (unpaired) electrons. The van der Waals surface area contributed by atoms with Crippen LogP contribution in [-0.2, 0) is 0 Å². The molecule has 0 saturated carbocycles. The van der Waals surface area contributed by atoms with E-state index in [1.165, 1.54) is 32.5 Å². The van der Waals surface area contributed by atoms with Crippen LogP contribution >= 0.6 is 0 Å². The summed E-state index contributed by atoms with van der Waals surface area (Å²) in [6.45, 7) is 13.1. The molecule has 0 atom stereocenters. The summed E-state index contributed by atoms with van der Waals surface area (Å²) in [5.41, 5.74) is 0. The second kappa shape index (κ2) is 9.20. The minimum absolute atomic E-state index is 0.918. The average Bonchev–Trinajstić information content (AvgIpc) is 2.37. The number of hydrogen-bond donors (Lipinski definition) is 2. The number of hydrogen-bond acceptors (Lipinski definition) is 2. The topological polar surface area (TPSA) is 39.7 Å². The van der Waals surface area contributed by atoms with E-state index in [1.807, 2.05) is 0 Å². The number of guanidine groups is 1. The molecule has 1 heterocycles. The smallest absolute Gasteiger partial charge is 0.191 e. The summed E-state index contributed by atoms with van der Waals surface area (Å²) in [5, 5.41) is 6.51. The maximum atomic E-state index is 4.57. The molecule has 0 unspecified atom stereocenters. The predicted octanol–water partition coefficient (Wildman–Crippen LogP) is 1.68. The zero-order valence-corrected chi connectivity index (χ0v) is 12.3. The van der Waals surface area contributed by atoms with Crippen LogP contribution in [0, 0.1) is 5.92 Å². The first-order valence-electron chi connectivity index (χ1n) is 7.50. The standard InChI is InChI=1S/C14H30N4/c1-4-15-14(16-5-2)17-9-6-10-18-11-7-13(3)8-12-18/h13H,4-12H2,1-3H3,(H2,15,16,17). The maximum Gasteiger partial charge on any atom is 0.191 e. The Labute approximate surface area is 112 Å². The molecule has 106 valence electrons. The first-order chi connectivity index (χ1) is 8.76. The van der Waals surface area contributed by atoms with Gasteiger partial charge in [-0.05, 0) is 58.7 Å². The highest BCUT2D eigenvalue weighted by Gasteiger charge is 2.14. The first kappa shape index (κ1) is 15.3. The van der Waals surface area contributed by atoms with Gasteiger partial charge >= 0.3 is 0 Å². The lowest BCUT2D eigenvalue weighted by Gasteiger charge is -2.29. The van der Waals surface area contributed by atoms with Crippen LogP contribution in [0.15, 0.2) is 4.99 Å². The van der Waals surface area contributed by atoms with Crippen molar-refractivity contribution in [3.05, 3.63) is 0 Å². The summed E-state index contributed by atoms with van der Waals surface area (Å²) in [5.74, 6) is 1.88. The SMILES string of the molecule is CCNC(=NCCCN1CCC(C)CC1)NCC. The number of aliphatic imine (C=N–C) groups is 1. The van der Waals surface area contributed by atoms with Crippen molar-refractivity contribution < 1.29 is 0 Å². The molecule has 0 aromatic carbocycles. The summed E-state index contributed by atoms with van der Waals surface area (Å²) in [7, 11) is 0. The van der Waals surface area contributed by atoms with E-state index in [0.29, 0.717) is 0 Å². The van der Waals surface area contributed by atoms with Gasteiger partial charge in [-0.2, -0.15) is 0 Å². The molecule has 1 aliphatic heterocycles. The Morgan fingerprint density at radius 2 is 1.78 bits per heavy atom. The molecule has 1 saturated heterocycles. The summed E-state index contributed by atoms with van der Waals surface area (Å²) >= 11 is 0. The van der Waals surface area contributed by atoms with Gasteiger partial charge in [0, 0.05) is 19.6 Å². The summed E-state index contributed by atoms with van der Waals surface area (Å²) < 4.78 is 0. The minimum Gasteiger partial charge on any atom is -0.357 e. The van der Waals surface area contributed by atoms with Gasteiger partial charge in [-0.3, -0.25) is 4.99 Å². The Hall–Kier alpha value is -0.770. The highest BCUT2D eigenvalue weighted by molar-refractivity contribution is 5.79. The molecule has 0 aliphatic carbocycles. The highest BCUT2D eigenvalue weighted by atomic mass is 15.2. The highest BCUT2D eigenvalue weighted by Crippen LogP contribution is 2.15. The van der Waals surface area contributed by atoms with Crippen molar-refractivity contribution in [2.75, 3.05) is 39.3 Å². The van der Waals surface area contributed by atoms with Crippen molar-refractivity contribution in [2.24, 2.45) is 10.9 Å². The average molecular weight is 254 g/mol. The Kier molecular flexibility index (Phi) is 7.81. The van der Waals surface area contributed by atoms with Crippen molar-refractivity contribution in [1.29, 1.82) is 0 Å². The second-order valence-electron chi connectivity index (χ2n) is 5.17. The van der Waals surface area contributed by atoms with Gasteiger partial charge in [0.2, 0.25) is 0 Å².